The zero-order chi connectivity index (χ0) is 27.5. The first-order chi connectivity index (χ1) is 18.9. The second-order valence-electron chi connectivity index (χ2n) is 8.60. The molecule has 4 aromatic rings. The SMILES string of the molecule is COc1cc(/C=c2/sc3n(c2=O)C(c2ccccc2)C(C(=O)Nc2ccccc2)=C(C)N=3)ccc1OC(F)F. The van der Waals surface area contributed by atoms with Gasteiger partial charge in [0, 0.05) is 5.69 Å². The molecule has 0 fully saturated rings. The molecule has 0 saturated carbocycles. The van der Waals surface area contributed by atoms with Crippen molar-refractivity contribution in [2.24, 2.45) is 4.99 Å². The van der Waals surface area contributed by atoms with E-state index in [2.05, 4.69) is 15.0 Å². The minimum atomic E-state index is -3.00. The van der Waals surface area contributed by atoms with Crippen LogP contribution in [-0.2, 0) is 4.79 Å². The summed E-state index contributed by atoms with van der Waals surface area (Å²) in [6, 6.07) is 22.1. The Morgan fingerprint density at radius 2 is 1.74 bits per heavy atom. The summed E-state index contributed by atoms with van der Waals surface area (Å²) in [6.07, 6.45) is 1.63. The van der Waals surface area contributed by atoms with E-state index in [0.717, 1.165) is 5.56 Å². The largest absolute Gasteiger partial charge is 0.493 e. The summed E-state index contributed by atoms with van der Waals surface area (Å²) in [7, 11) is 1.34. The Labute approximate surface area is 226 Å². The van der Waals surface area contributed by atoms with Crippen LogP contribution in [0.4, 0.5) is 14.5 Å². The maximum absolute atomic E-state index is 13.8. The number of fused-ring (bicyclic) bond motifs is 1. The number of anilines is 1. The van der Waals surface area contributed by atoms with Crippen molar-refractivity contribution in [1.82, 2.24) is 4.57 Å². The maximum Gasteiger partial charge on any atom is 0.387 e. The van der Waals surface area contributed by atoms with Gasteiger partial charge in [-0.1, -0.05) is 65.9 Å². The quantitative estimate of drug-likeness (QED) is 0.370. The van der Waals surface area contributed by atoms with Crippen molar-refractivity contribution in [3.63, 3.8) is 0 Å². The molecular formula is C29H23F2N3O4S. The molecule has 1 aliphatic heterocycles. The van der Waals surface area contributed by atoms with Gasteiger partial charge in [0.25, 0.3) is 11.5 Å². The lowest BCUT2D eigenvalue weighted by Crippen LogP contribution is -2.40. The van der Waals surface area contributed by atoms with Crippen molar-refractivity contribution in [1.29, 1.82) is 0 Å². The van der Waals surface area contributed by atoms with Gasteiger partial charge in [-0.25, -0.2) is 4.99 Å². The third-order valence-corrected chi connectivity index (χ3v) is 7.10. The van der Waals surface area contributed by atoms with E-state index in [1.165, 1.54) is 35.1 Å². The van der Waals surface area contributed by atoms with Crippen LogP contribution >= 0.6 is 11.3 Å². The van der Waals surface area contributed by atoms with Crippen molar-refractivity contribution in [3.8, 4) is 11.5 Å². The lowest BCUT2D eigenvalue weighted by molar-refractivity contribution is -0.113. The van der Waals surface area contributed by atoms with Crippen LogP contribution in [0.5, 0.6) is 11.5 Å². The Morgan fingerprint density at radius 1 is 1.05 bits per heavy atom. The third kappa shape index (κ3) is 5.37. The van der Waals surface area contributed by atoms with Gasteiger partial charge in [-0.15, -0.1) is 0 Å². The molecule has 5 rings (SSSR count). The number of allylic oxidation sites excluding steroid dienone is 1. The van der Waals surface area contributed by atoms with Crippen LogP contribution in [0.15, 0.2) is 99.9 Å². The van der Waals surface area contributed by atoms with Crippen molar-refractivity contribution in [2.45, 2.75) is 19.6 Å². The van der Waals surface area contributed by atoms with Crippen molar-refractivity contribution in [3.05, 3.63) is 121 Å². The average molecular weight is 548 g/mol. The van der Waals surface area contributed by atoms with Gasteiger partial charge in [0.2, 0.25) is 0 Å². The zero-order valence-electron chi connectivity index (χ0n) is 20.9. The lowest BCUT2D eigenvalue weighted by Gasteiger charge is -2.25. The normalized spacial score (nSPS) is 15.1. The Morgan fingerprint density at radius 3 is 2.41 bits per heavy atom. The Hall–Kier alpha value is -4.57. The second kappa shape index (κ2) is 11.0. The average Bonchev–Trinajstić information content (AvgIpc) is 3.23. The topological polar surface area (TPSA) is 81.9 Å². The molecule has 0 bridgehead atoms. The number of alkyl halides is 2. The molecule has 39 heavy (non-hydrogen) atoms. The molecule has 1 aliphatic rings. The summed E-state index contributed by atoms with van der Waals surface area (Å²) in [5.74, 6) is -0.362. The number of para-hydroxylation sites is 1. The number of carbonyl (C=O) groups excluding carboxylic acids is 1. The highest BCUT2D eigenvalue weighted by atomic mass is 32.1. The van der Waals surface area contributed by atoms with E-state index < -0.39 is 12.7 Å². The maximum atomic E-state index is 13.8. The van der Waals surface area contributed by atoms with Gasteiger partial charge < -0.3 is 14.8 Å². The minimum absolute atomic E-state index is 0.106. The number of methoxy groups -OCH3 is 1. The molecule has 1 N–H and O–H groups in total. The van der Waals surface area contributed by atoms with Crippen molar-refractivity contribution >= 4 is 29.0 Å². The summed E-state index contributed by atoms with van der Waals surface area (Å²) in [4.78, 5) is 32.4. The molecular weight excluding hydrogens is 524 g/mol. The van der Waals surface area contributed by atoms with E-state index in [4.69, 9.17) is 4.74 Å². The summed E-state index contributed by atoms with van der Waals surface area (Å²) < 4.78 is 37.0. The fourth-order valence-electron chi connectivity index (χ4n) is 4.40. The number of thiazole rings is 1. The van der Waals surface area contributed by atoms with Gasteiger partial charge in [0.1, 0.15) is 0 Å². The van der Waals surface area contributed by atoms with E-state index in [1.807, 2.05) is 48.5 Å². The summed E-state index contributed by atoms with van der Waals surface area (Å²) >= 11 is 1.18. The molecule has 7 nitrogen and oxygen atoms in total. The minimum Gasteiger partial charge on any atom is -0.493 e. The number of nitrogens with one attached hydrogen (secondary N) is 1. The lowest BCUT2D eigenvalue weighted by atomic mass is 9.95. The highest BCUT2D eigenvalue weighted by Gasteiger charge is 2.32. The van der Waals surface area contributed by atoms with E-state index in [0.29, 0.717) is 31.9 Å². The van der Waals surface area contributed by atoms with E-state index in [9.17, 15) is 18.4 Å². The fourth-order valence-corrected chi connectivity index (χ4v) is 5.45. The van der Waals surface area contributed by atoms with Crippen LogP contribution in [-0.4, -0.2) is 24.2 Å². The first kappa shape index (κ1) is 26.1. The molecule has 1 aromatic heterocycles. The van der Waals surface area contributed by atoms with Gasteiger partial charge in [0.15, 0.2) is 16.3 Å². The van der Waals surface area contributed by atoms with Gasteiger partial charge >= 0.3 is 6.61 Å². The smallest absolute Gasteiger partial charge is 0.387 e. The van der Waals surface area contributed by atoms with Gasteiger partial charge in [0.05, 0.1) is 29.0 Å². The molecule has 3 aromatic carbocycles. The molecule has 198 valence electrons. The van der Waals surface area contributed by atoms with Gasteiger partial charge in [-0.05, 0) is 48.4 Å². The first-order valence-electron chi connectivity index (χ1n) is 11.9. The highest BCUT2D eigenvalue weighted by Crippen LogP contribution is 2.31. The zero-order valence-corrected chi connectivity index (χ0v) is 21.7. The van der Waals surface area contributed by atoms with Crippen molar-refractivity contribution in [2.75, 3.05) is 12.4 Å². The molecule has 2 heterocycles. The number of nitrogens with zero attached hydrogens (tertiary/aromatic N) is 2. The van der Waals surface area contributed by atoms with Crippen LogP contribution in [0.25, 0.3) is 6.08 Å². The van der Waals surface area contributed by atoms with E-state index >= 15 is 0 Å². The monoisotopic (exact) mass is 547 g/mol. The van der Waals surface area contributed by atoms with Crippen molar-refractivity contribution < 1.29 is 23.0 Å². The van der Waals surface area contributed by atoms with Crippen LogP contribution in [0.3, 0.4) is 0 Å². The Bertz CT molecular complexity index is 1730. The number of carbonyl (C=O) groups is 1. The summed E-state index contributed by atoms with van der Waals surface area (Å²) in [5, 5.41) is 2.91. The van der Waals surface area contributed by atoms with Crippen LogP contribution < -0.4 is 29.7 Å². The fraction of sp³-hybridized carbons (Fsp3) is 0.138. The molecule has 1 atom stereocenters. The predicted octanol–water partition coefficient (Wildman–Crippen LogP) is 4.48. The molecule has 1 amide bonds. The standard InChI is InChI=1S/C29H23F2N3O4S/c1-17-24(26(35)33-20-11-7-4-8-12-20)25(19-9-5-3-6-10-19)34-27(36)23(39-29(34)32-17)16-18-13-14-21(38-28(30)31)22(15-18)37-2/h3-16,25,28H,1-2H3,(H,33,35)/b23-16+. The molecule has 0 saturated heterocycles. The highest BCUT2D eigenvalue weighted by molar-refractivity contribution is 7.07. The molecule has 1 unspecified atom stereocenters. The molecule has 0 spiro atoms. The first-order valence-corrected chi connectivity index (χ1v) is 12.7. The molecule has 0 radical (unpaired) electrons. The number of benzene rings is 3. The number of hydrogen-bond donors (Lipinski definition) is 1. The van der Waals surface area contributed by atoms with Gasteiger partial charge in [-0.2, -0.15) is 8.78 Å². The Balaban J connectivity index is 1.62. The number of hydrogen-bond acceptors (Lipinski definition) is 6. The van der Waals surface area contributed by atoms with Crippen LogP contribution in [0.2, 0.25) is 0 Å². The summed E-state index contributed by atoms with van der Waals surface area (Å²) in [6.45, 7) is -1.25. The van der Waals surface area contributed by atoms with E-state index in [1.54, 1.807) is 31.2 Å². The van der Waals surface area contributed by atoms with Crippen LogP contribution in [0.1, 0.15) is 24.1 Å². The molecule has 0 aliphatic carbocycles. The molecule has 10 heteroatoms. The van der Waals surface area contributed by atoms with Gasteiger partial charge in [-0.3, -0.25) is 14.2 Å². The second-order valence-corrected chi connectivity index (χ2v) is 9.61. The van der Waals surface area contributed by atoms with E-state index in [-0.39, 0.29) is 23.0 Å². The number of halogens is 2. The number of aromatic nitrogens is 1. The number of rotatable bonds is 7. The number of ether oxygens (including phenoxy) is 2. The van der Waals surface area contributed by atoms with Crippen LogP contribution in [0, 0.1) is 0 Å². The summed E-state index contributed by atoms with van der Waals surface area (Å²) in [5.41, 5.74) is 2.46. The predicted molar refractivity (Wildman–Crippen MR) is 145 cm³/mol. The third-order valence-electron chi connectivity index (χ3n) is 6.11. The Kier molecular flexibility index (Phi) is 7.38. The number of amides is 1.